The van der Waals surface area contributed by atoms with Crippen molar-refractivity contribution in [2.45, 2.75) is 25.4 Å². The molecule has 28 heavy (non-hydrogen) atoms. The van der Waals surface area contributed by atoms with Crippen LogP contribution in [-0.2, 0) is 14.4 Å². The second kappa shape index (κ2) is 13.6. The van der Waals surface area contributed by atoms with Crippen LogP contribution in [0.1, 0.15) is 24.8 Å². The minimum Gasteiger partial charge on any atom is -0.478 e. The monoisotopic (exact) mass is 413 g/mol. The zero-order valence-corrected chi connectivity index (χ0v) is 16.0. The number of carbonyl (C=O) groups is 2. The van der Waals surface area contributed by atoms with Crippen molar-refractivity contribution in [3.63, 3.8) is 0 Å². The maximum Gasteiger partial charge on any atom is 0.328 e. The Balaban J connectivity index is 0.000000416. The van der Waals surface area contributed by atoms with Crippen molar-refractivity contribution in [3.8, 4) is 0 Å². The lowest BCUT2D eigenvalue weighted by atomic mass is 10.1. The molecule has 0 aromatic carbocycles. The van der Waals surface area contributed by atoms with Gasteiger partial charge < -0.3 is 25.1 Å². The minimum atomic E-state index is -1.26. The van der Waals surface area contributed by atoms with Crippen LogP contribution < -0.4 is 0 Å². The minimum absolute atomic E-state index is 0.146. The van der Waals surface area contributed by atoms with Crippen molar-refractivity contribution < 1.29 is 29.7 Å². The van der Waals surface area contributed by atoms with Crippen LogP contribution in [0.15, 0.2) is 41.8 Å². The number of β-amino-alcohol motifs (C(OH)–C–C–N with tert-alkyl or cyclic N) is 1. The molecule has 1 saturated heterocycles. The first-order valence-electron chi connectivity index (χ1n) is 8.68. The molecule has 1 aliphatic rings. The molecule has 2 rings (SSSR count). The summed E-state index contributed by atoms with van der Waals surface area (Å²) in [7, 11) is 0. The summed E-state index contributed by atoms with van der Waals surface area (Å²) in [5.41, 5.74) is 0.694. The molecular weight excluding hydrogens is 390 g/mol. The Hall–Kier alpha value is -2.49. The summed E-state index contributed by atoms with van der Waals surface area (Å²) in [4.78, 5) is 30.4. The summed E-state index contributed by atoms with van der Waals surface area (Å²) in [5, 5.41) is 29.5. The van der Waals surface area contributed by atoms with E-state index in [0.29, 0.717) is 24.3 Å². The first-order chi connectivity index (χ1) is 13.4. The lowest BCUT2D eigenvalue weighted by Gasteiger charge is -2.27. The average molecular weight is 414 g/mol. The number of likely N-dealkylation sites (tertiary alicyclic amines) is 1. The van der Waals surface area contributed by atoms with E-state index in [0.717, 1.165) is 13.1 Å². The number of rotatable bonds is 8. The van der Waals surface area contributed by atoms with Crippen LogP contribution in [0.2, 0.25) is 0 Å². The highest BCUT2D eigenvalue weighted by Gasteiger charge is 2.15. The van der Waals surface area contributed by atoms with Crippen molar-refractivity contribution in [2.75, 3.05) is 26.2 Å². The molecule has 0 bridgehead atoms. The van der Waals surface area contributed by atoms with Gasteiger partial charge in [0.05, 0.1) is 0 Å². The summed E-state index contributed by atoms with van der Waals surface area (Å²) in [6.45, 7) is 2.88. The van der Waals surface area contributed by atoms with Gasteiger partial charge in [0.2, 0.25) is 0 Å². The first-order valence-corrected chi connectivity index (χ1v) is 9.06. The Labute approximate surface area is 167 Å². The topological polar surface area (TPSA) is 133 Å². The van der Waals surface area contributed by atoms with Crippen molar-refractivity contribution in [1.29, 1.82) is 0 Å². The summed E-state index contributed by atoms with van der Waals surface area (Å²) in [5.74, 6) is -2.51. The van der Waals surface area contributed by atoms with Crippen LogP contribution in [0.25, 0.3) is 0 Å². The van der Waals surface area contributed by atoms with Crippen LogP contribution >= 0.6 is 11.6 Å². The van der Waals surface area contributed by atoms with E-state index < -0.39 is 18.0 Å². The van der Waals surface area contributed by atoms with Gasteiger partial charge in [-0.1, -0.05) is 23.2 Å². The normalized spacial score (nSPS) is 16.1. The van der Waals surface area contributed by atoms with E-state index >= 15 is 0 Å². The summed E-state index contributed by atoms with van der Waals surface area (Å²) < 4.78 is 0. The van der Waals surface area contributed by atoms with E-state index in [-0.39, 0.29) is 11.8 Å². The van der Waals surface area contributed by atoms with Gasteiger partial charge in [-0.25, -0.2) is 9.59 Å². The number of hydrogen-bond acceptors (Lipinski definition) is 7. The lowest BCUT2D eigenvalue weighted by Crippen LogP contribution is -2.38. The largest absolute Gasteiger partial charge is 0.478 e. The number of hydrogen-bond donors (Lipinski definition) is 3. The van der Waals surface area contributed by atoms with Crippen LogP contribution in [0.3, 0.4) is 0 Å². The summed E-state index contributed by atoms with van der Waals surface area (Å²) >= 11 is 5.97. The third-order valence-corrected chi connectivity index (χ3v) is 3.88. The molecule has 1 aromatic rings. The van der Waals surface area contributed by atoms with E-state index in [2.05, 4.69) is 15.0 Å². The van der Waals surface area contributed by atoms with E-state index in [4.69, 9.17) is 26.7 Å². The quantitative estimate of drug-likeness (QED) is 0.332. The zero-order valence-electron chi connectivity index (χ0n) is 15.3. The van der Waals surface area contributed by atoms with Gasteiger partial charge in [-0.05, 0) is 38.1 Å². The van der Waals surface area contributed by atoms with Gasteiger partial charge >= 0.3 is 11.9 Å². The number of aromatic nitrogens is 1. The molecule has 3 N–H and O–H groups in total. The third-order valence-electron chi connectivity index (χ3n) is 3.60. The molecule has 0 spiro atoms. The smallest absolute Gasteiger partial charge is 0.328 e. The highest BCUT2D eigenvalue weighted by molar-refractivity contribution is 6.69. The predicted octanol–water partition coefficient (Wildman–Crippen LogP) is 1.56. The maximum absolute atomic E-state index is 9.89. The Kier molecular flexibility index (Phi) is 11.5. The third kappa shape index (κ3) is 11.3. The van der Waals surface area contributed by atoms with Crippen LogP contribution in [0.5, 0.6) is 0 Å². The number of oxime groups is 1. The van der Waals surface area contributed by atoms with Gasteiger partial charge in [0.1, 0.15) is 12.7 Å². The number of aliphatic carboxylic acids is 2. The molecular formula is C18H24ClN3O6. The van der Waals surface area contributed by atoms with E-state index in [1.165, 1.54) is 19.3 Å². The molecule has 1 unspecified atom stereocenters. The number of piperidine rings is 1. The highest BCUT2D eigenvalue weighted by atomic mass is 35.5. The van der Waals surface area contributed by atoms with Crippen LogP contribution in [0, 0.1) is 0 Å². The number of aliphatic hydroxyl groups excluding tert-OH is 1. The number of carboxylic acid groups (broad SMARTS) is 2. The fourth-order valence-electron chi connectivity index (χ4n) is 2.35. The van der Waals surface area contributed by atoms with E-state index in [1.54, 1.807) is 24.5 Å². The molecule has 1 fully saturated rings. The molecule has 2 heterocycles. The number of carboxylic acids is 2. The molecule has 154 valence electrons. The second-order valence-corrected chi connectivity index (χ2v) is 6.30. The first kappa shape index (κ1) is 23.5. The SMILES string of the molecule is O=C(O)/C=C\C(=O)O.OC(CO/N=C(\Cl)c1cccnc1)CN1CCCCC1. The zero-order chi connectivity index (χ0) is 20.8. The fourth-order valence-corrected chi connectivity index (χ4v) is 2.51. The molecule has 0 amide bonds. The highest BCUT2D eigenvalue weighted by Crippen LogP contribution is 2.09. The molecule has 9 nitrogen and oxygen atoms in total. The summed E-state index contributed by atoms with van der Waals surface area (Å²) in [6, 6.07) is 3.57. The van der Waals surface area contributed by atoms with Crippen molar-refractivity contribution in [3.05, 3.63) is 42.2 Å². The molecule has 1 aliphatic heterocycles. The second-order valence-electron chi connectivity index (χ2n) is 5.94. The Morgan fingerprint density at radius 3 is 2.43 bits per heavy atom. The van der Waals surface area contributed by atoms with Crippen LogP contribution in [-0.4, -0.2) is 74.7 Å². The number of halogens is 1. The van der Waals surface area contributed by atoms with Gasteiger partial charge in [-0.2, -0.15) is 0 Å². The van der Waals surface area contributed by atoms with Gasteiger partial charge in [-0.15, -0.1) is 0 Å². The number of nitrogens with zero attached hydrogens (tertiary/aromatic N) is 3. The van der Waals surface area contributed by atoms with Gasteiger partial charge in [0.15, 0.2) is 5.17 Å². The van der Waals surface area contributed by atoms with Crippen molar-refractivity contribution in [1.82, 2.24) is 9.88 Å². The Bertz CT molecular complexity index is 647. The van der Waals surface area contributed by atoms with E-state index in [9.17, 15) is 14.7 Å². The standard InChI is InChI=1S/C14H20ClN3O2.C4H4O4/c15-14(12-5-4-6-16-9-12)17-20-11-13(19)10-18-7-2-1-3-8-18;5-3(6)1-2-4(7)8/h4-6,9,13,19H,1-3,7-8,10-11H2;1-2H,(H,5,6)(H,7,8)/b17-14-;2-1-. The number of aliphatic hydroxyl groups is 1. The molecule has 1 aromatic heterocycles. The van der Waals surface area contributed by atoms with Crippen LogP contribution in [0.4, 0.5) is 0 Å². The lowest BCUT2D eigenvalue weighted by molar-refractivity contribution is -0.134. The fraction of sp³-hybridized carbons (Fsp3) is 0.444. The number of pyridine rings is 1. The average Bonchev–Trinajstić information content (AvgIpc) is 2.68. The summed E-state index contributed by atoms with van der Waals surface area (Å²) in [6.07, 6.45) is 7.54. The van der Waals surface area contributed by atoms with Gasteiger partial charge in [0, 0.05) is 36.7 Å². The molecule has 1 atom stereocenters. The predicted molar refractivity (Wildman–Crippen MR) is 103 cm³/mol. The Morgan fingerprint density at radius 2 is 1.89 bits per heavy atom. The van der Waals surface area contributed by atoms with E-state index in [1.807, 2.05) is 0 Å². The molecule has 0 saturated carbocycles. The maximum atomic E-state index is 9.89. The van der Waals surface area contributed by atoms with Gasteiger partial charge in [-0.3, -0.25) is 4.98 Å². The van der Waals surface area contributed by atoms with Crippen molar-refractivity contribution >= 4 is 28.7 Å². The molecule has 0 radical (unpaired) electrons. The Morgan fingerprint density at radius 1 is 1.25 bits per heavy atom. The van der Waals surface area contributed by atoms with Crippen molar-refractivity contribution in [2.24, 2.45) is 5.16 Å². The molecule has 10 heteroatoms. The van der Waals surface area contributed by atoms with Gasteiger partial charge in [0.25, 0.3) is 0 Å². The molecule has 0 aliphatic carbocycles.